The Morgan fingerprint density at radius 2 is 2.14 bits per heavy atom. The molecule has 104 valence electrons. The molecule has 0 saturated heterocycles. The van der Waals surface area contributed by atoms with Crippen molar-refractivity contribution in [2.75, 3.05) is 5.32 Å². The van der Waals surface area contributed by atoms with Gasteiger partial charge in [0.25, 0.3) is 5.91 Å². The van der Waals surface area contributed by atoms with Crippen LogP contribution in [-0.4, -0.2) is 30.6 Å². The third-order valence-electron chi connectivity index (χ3n) is 2.68. The van der Waals surface area contributed by atoms with Crippen molar-refractivity contribution < 1.29 is 4.79 Å². The molecule has 0 unspecified atom stereocenters. The van der Waals surface area contributed by atoms with Crippen molar-refractivity contribution >= 4 is 23.2 Å². The van der Waals surface area contributed by atoms with Crippen molar-refractivity contribution in [3.63, 3.8) is 0 Å². The number of nitrogens with zero attached hydrogens (tertiary/aromatic N) is 5. The molecule has 0 spiro atoms. The average molecular weight is 301 g/mol. The van der Waals surface area contributed by atoms with Gasteiger partial charge in [-0.15, -0.1) is 0 Å². The molecule has 7 nitrogen and oxygen atoms in total. The largest absolute Gasteiger partial charge is 0.319 e. The van der Waals surface area contributed by atoms with Crippen molar-refractivity contribution in [3.8, 4) is 5.82 Å². The molecule has 3 rings (SSSR count). The second kappa shape index (κ2) is 5.68. The zero-order chi connectivity index (χ0) is 14.7. The Morgan fingerprint density at radius 1 is 1.24 bits per heavy atom. The molecule has 21 heavy (non-hydrogen) atoms. The van der Waals surface area contributed by atoms with Gasteiger partial charge in [-0.05, 0) is 18.2 Å². The first-order valence-corrected chi connectivity index (χ1v) is 6.34. The van der Waals surface area contributed by atoms with E-state index in [9.17, 15) is 4.79 Å². The summed E-state index contributed by atoms with van der Waals surface area (Å²) < 4.78 is 1.46. The van der Waals surface area contributed by atoms with Crippen LogP contribution in [0, 0.1) is 0 Å². The molecular weight excluding hydrogens is 292 g/mol. The van der Waals surface area contributed by atoms with E-state index in [4.69, 9.17) is 11.6 Å². The third kappa shape index (κ3) is 2.72. The summed E-state index contributed by atoms with van der Waals surface area (Å²) in [6.45, 7) is 0. The first kappa shape index (κ1) is 13.2. The molecule has 8 heteroatoms. The maximum Gasteiger partial charge on any atom is 0.258 e. The molecule has 3 heterocycles. The highest BCUT2D eigenvalue weighted by atomic mass is 35.5. The number of pyridine rings is 2. The van der Waals surface area contributed by atoms with Gasteiger partial charge in [-0.3, -0.25) is 9.78 Å². The quantitative estimate of drug-likeness (QED) is 0.799. The van der Waals surface area contributed by atoms with Gasteiger partial charge in [0.1, 0.15) is 12.7 Å². The van der Waals surface area contributed by atoms with Gasteiger partial charge < -0.3 is 5.32 Å². The zero-order valence-electron chi connectivity index (χ0n) is 10.6. The smallest absolute Gasteiger partial charge is 0.258 e. The number of nitrogens with one attached hydrogen (secondary N) is 1. The summed E-state index contributed by atoms with van der Waals surface area (Å²) in [7, 11) is 0. The van der Waals surface area contributed by atoms with Crippen molar-refractivity contribution in [3.05, 3.63) is 60.0 Å². The van der Waals surface area contributed by atoms with Gasteiger partial charge in [0.15, 0.2) is 5.82 Å². The van der Waals surface area contributed by atoms with E-state index in [1.807, 2.05) is 0 Å². The second-order valence-electron chi connectivity index (χ2n) is 4.02. The van der Waals surface area contributed by atoms with Crippen molar-refractivity contribution in [2.45, 2.75) is 0 Å². The van der Waals surface area contributed by atoms with Crippen molar-refractivity contribution in [1.82, 2.24) is 24.7 Å². The highest BCUT2D eigenvalue weighted by molar-refractivity contribution is 6.34. The summed E-state index contributed by atoms with van der Waals surface area (Å²) in [6.07, 6.45) is 7.41. The average Bonchev–Trinajstić information content (AvgIpc) is 3.02. The molecule has 0 atom stereocenters. The predicted octanol–water partition coefficient (Wildman–Crippen LogP) is 1.96. The second-order valence-corrected chi connectivity index (χ2v) is 4.43. The SMILES string of the molecule is O=C(Nc1cccnc1-n1cncn1)c1cnccc1Cl. The van der Waals surface area contributed by atoms with Gasteiger partial charge in [0.2, 0.25) is 0 Å². The Morgan fingerprint density at radius 3 is 2.90 bits per heavy atom. The summed E-state index contributed by atoms with van der Waals surface area (Å²) in [5, 5.41) is 7.07. The lowest BCUT2D eigenvalue weighted by Gasteiger charge is -2.09. The summed E-state index contributed by atoms with van der Waals surface area (Å²) in [5.41, 5.74) is 0.778. The monoisotopic (exact) mass is 300 g/mol. The molecule has 0 aliphatic heterocycles. The lowest BCUT2D eigenvalue weighted by Crippen LogP contribution is -2.15. The van der Waals surface area contributed by atoms with Gasteiger partial charge >= 0.3 is 0 Å². The fraction of sp³-hybridized carbons (Fsp3) is 0. The topological polar surface area (TPSA) is 85.6 Å². The van der Waals surface area contributed by atoms with E-state index in [0.29, 0.717) is 16.5 Å². The molecule has 0 aliphatic rings. The van der Waals surface area contributed by atoms with Gasteiger partial charge in [-0.1, -0.05) is 11.6 Å². The summed E-state index contributed by atoms with van der Waals surface area (Å²) in [5.74, 6) is 0.0887. The van der Waals surface area contributed by atoms with Crippen LogP contribution in [-0.2, 0) is 0 Å². The number of rotatable bonds is 3. The van der Waals surface area contributed by atoms with Crippen LogP contribution >= 0.6 is 11.6 Å². The van der Waals surface area contributed by atoms with E-state index in [0.717, 1.165) is 0 Å². The Balaban J connectivity index is 1.93. The number of hydrogen-bond acceptors (Lipinski definition) is 5. The number of carbonyl (C=O) groups is 1. The Labute approximate surface area is 124 Å². The standard InChI is InChI=1S/C13H9ClN6O/c14-10-3-5-15-6-9(10)13(21)19-11-2-1-4-17-12(11)20-8-16-7-18-20/h1-8H,(H,19,21). The number of amides is 1. The van der Waals surface area contributed by atoms with E-state index in [1.54, 1.807) is 24.4 Å². The molecule has 0 saturated carbocycles. The van der Waals surface area contributed by atoms with E-state index < -0.39 is 0 Å². The molecule has 0 radical (unpaired) electrons. The predicted molar refractivity (Wildman–Crippen MR) is 76.4 cm³/mol. The van der Waals surface area contributed by atoms with Crippen LogP contribution in [0.5, 0.6) is 0 Å². The first-order chi connectivity index (χ1) is 10.3. The maximum atomic E-state index is 12.2. The Kier molecular flexibility index (Phi) is 3.57. The highest BCUT2D eigenvalue weighted by Crippen LogP contribution is 2.19. The van der Waals surface area contributed by atoms with Crippen LogP contribution in [0.3, 0.4) is 0 Å². The number of carbonyl (C=O) groups excluding carboxylic acids is 1. The highest BCUT2D eigenvalue weighted by Gasteiger charge is 2.14. The molecule has 3 aromatic rings. The van der Waals surface area contributed by atoms with E-state index >= 15 is 0 Å². The lowest BCUT2D eigenvalue weighted by molar-refractivity contribution is 0.102. The number of anilines is 1. The van der Waals surface area contributed by atoms with Crippen LogP contribution in [0.4, 0.5) is 5.69 Å². The fourth-order valence-electron chi connectivity index (χ4n) is 1.73. The summed E-state index contributed by atoms with van der Waals surface area (Å²) >= 11 is 5.98. The van der Waals surface area contributed by atoms with Crippen molar-refractivity contribution in [2.24, 2.45) is 0 Å². The summed E-state index contributed by atoms with van der Waals surface area (Å²) in [4.78, 5) is 24.2. The maximum absolute atomic E-state index is 12.2. The zero-order valence-corrected chi connectivity index (χ0v) is 11.4. The van der Waals surface area contributed by atoms with Gasteiger partial charge in [0, 0.05) is 18.6 Å². The number of halogens is 1. The third-order valence-corrected chi connectivity index (χ3v) is 3.01. The van der Waals surface area contributed by atoms with E-state index in [2.05, 4.69) is 25.4 Å². The van der Waals surface area contributed by atoms with Crippen LogP contribution < -0.4 is 5.32 Å². The van der Waals surface area contributed by atoms with Gasteiger partial charge in [0.05, 0.1) is 16.3 Å². The Hall–Kier alpha value is -2.80. The first-order valence-electron chi connectivity index (χ1n) is 5.96. The Bertz CT molecular complexity index is 774. The molecule has 0 aromatic carbocycles. The van der Waals surface area contributed by atoms with Crippen LogP contribution in [0.1, 0.15) is 10.4 Å². The molecular formula is C13H9ClN6O. The van der Waals surface area contributed by atoms with Crippen LogP contribution in [0.2, 0.25) is 5.02 Å². The van der Waals surface area contributed by atoms with E-state index in [-0.39, 0.29) is 11.5 Å². The van der Waals surface area contributed by atoms with Crippen LogP contribution in [0.25, 0.3) is 5.82 Å². The molecule has 3 aromatic heterocycles. The minimum Gasteiger partial charge on any atom is -0.319 e. The summed E-state index contributed by atoms with van der Waals surface area (Å²) in [6, 6.07) is 4.98. The minimum atomic E-state index is -0.373. The number of hydrogen-bond donors (Lipinski definition) is 1. The molecule has 0 bridgehead atoms. The molecule has 0 aliphatic carbocycles. The molecule has 1 N–H and O–H groups in total. The lowest BCUT2D eigenvalue weighted by atomic mass is 10.2. The fourth-order valence-corrected chi connectivity index (χ4v) is 1.92. The van der Waals surface area contributed by atoms with Gasteiger partial charge in [-0.25, -0.2) is 14.6 Å². The number of aromatic nitrogens is 5. The van der Waals surface area contributed by atoms with Crippen LogP contribution in [0.15, 0.2) is 49.4 Å². The molecule has 1 amide bonds. The van der Waals surface area contributed by atoms with E-state index in [1.165, 1.54) is 29.7 Å². The minimum absolute atomic E-state index is 0.285. The molecule has 0 fully saturated rings. The van der Waals surface area contributed by atoms with Gasteiger partial charge in [-0.2, -0.15) is 5.10 Å². The normalized spacial score (nSPS) is 10.3. The van der Waals surface area contributed by atoms with Crippen molar-refractivity contribution in [1.29, 1.82) is 0 Å².